The van der Waals surface area contributed by atoms with Crippen LogP contribution in [0.5, 0.6) is 0 Å². The maximum atomic E-state index is 12.5. The summed E-state index contributed by atoms with van der Waals surface area (Å²) in [5, 5.41) is 0.970. The zero-order chi connectivity index (χ0) is 19.4. The molecular formula is C21H26N2O4. The van der Waals surface area contributed by atoms with Crippen molar-refractivity contribution in [2.75, 3.05) is 19.7 Å². The molecule has 6 nitrogen and oxygen atoms in total. The topological polar surface area (TPSA) is 79.5 Å². The summed E-state index contributed by atoms with van der Waals surface area (Å²) in [7, 11) is 0. The Hall–Kier alpha value is -2.63. The number of piperidine rings is 1. The number of aromatic nitrogens is 1. The van der Waals surface area contributed by atoms with E-state index in [9.17, 15) is 14.4 Å². The molecule has 27 heavy (non-hydrogen) atoms. The van der Waals surface area contributed by atoms with E-state index in [-0.39, 0.29) is 23.4 Å². The highest BCUT2D eigenvalue weighted by molar-refractivity contribution is 5.80. The second-order valence-electron chi connectivity index (χ2n) is 7.12. The first-order chi connectivity index (χ1) is 13.0. The number of esters is 1. The predicted molar refractivity (Wildman–Crippen MR) is 104 cm³/mol. The number of likely N-dealkylation sites (tertiary alicyclic amines) is 1. The normalized spacial score (nSPS) is 15.1. The van der Waals surface area contributed by atoms with Gasteiger partial charge in [-0.3, -0.25) is 14.4 Å². The Kier molecular flexibility index (Phi) is 5.94. The molecule has 1 amide bonds. The number of carbonyl (C=O) groups is 2. The highest BCUT2D eigenvalue weighted by Gasteiger charge is 2.28. The lowest BCUT2D eigenvalue weighted by atomic mass is 9.96. The van der Waals surface area contributed by atoms with E-state index in [1.807, 2.05) is 31.2 Å². The third-order valence-corrected chi connectivity index (χ3v) is 5.15. The van der Waals surface area contributed by atoms with Crippen LogP contribution in [0.1, 0.15) is 37.3 Å². The summed E-state index contributed by atoms with van der Waals surface area (Å²) >= 11 is 0. The highest BCUT2D eigenvalue weighted by Crippen LogP contribution is 2.20. The van der Waals surface area contributed by atoms with Crippen LogP contribution in [0, 0.1) is 12.8 Å². The Bertz CT molecular complexity index is 895. The van der Waals surface area contributed by atoms with Gasteiger partial charge in [0, 0.05) is 30.6 Å². The number of aromatic amines is 1. The molecule has 2 heterocycles. The monoisotopic (exact) mass is 370 g/mol. The van der Waals surface area contributed by atoms with E-state index in [1.54, 1.807) is 11.8 Å². The molecule has 0 unspecified atom stereocenters. The quantitative estimate of drug-likeness (QED) is 0.821. The first-order valence-electron chi connectivity index (χ1n) is 9.55. The number of pyridine rings is 1. The van der Waals surface area contributed by atoms with Crippen molar-refractivity contribution < 1.29 is 14.3 Å². The zero-order valence-electron chi connectivity index (χ0n) is 15.9. The van der Waals surface area contributed by atoms with Crippen molar-refractivity contribution in [3.63, 3.8) is 0 Å². The summed E-state index contributed by atoms with van der Waals surface area (Å²) in [6, 6.07) is 7.79. The Balaban J connectivity index is 1.57. The Morgan fingerprint density at radius 3 is 2.67 bits per heavy atom. The van der Waals surface area contributed by atoms with Crippen LogP contribution >= 0.6 is 0 Å². The number of rotatable bonds is 5. The van der Waals surface area contributed by atoms with Crippen molar-refractivity contribution in [3.8, 4) is 0 Å². The standard InChI is InChI=1S/C21H26N2O4/c1-3-27-21(26)15-8-10-23(11-9-15)19(24)7-6-17-13-16-5-4-14(2)12-18(16)22-20(17)25/h4-5,12-13,15H,3,6-11H2,1-2H3,(H,22,25). The van der Waals surface area contributed by atoms with E-state index in [1.165, 1.54) is 0 Å². The third kappa shape index (κ3) is 4.56. The predicted octanol–water partition coefficient (Wildman–Crippen LogP) is 2.57. The molecule has 1 aliphatic rings. The Labute approximate surface area is 158 Å². The molecule has 144 valence electrons. The van der Waals surface area contributed by atoms with Crippen LogP contribution in [0.4, 0.5) is 0 Å². The molecule has 0 spiro atoms. The smallest absolute Gasteiger partial charge is 0.309 e. The summed E-state index contributed by atoms with van der Waals surface area (Å²) in [5.74, 6) is -0.246. The number of amides is 1. The van der Waals surface area contributed by atoms with Crippen LogP contribution in [0.3, 0.4) is 0 Å². The Morgan fingerprint density at radius 1 is 1.22 bits per heavy atom. The van der Waals surface area contributed by atoms with Crippen LogP contribution in [0.2, 0.25) is 0 Å². The van der Waals surface area contributed by atoms with E-state index in [0.29, 0.717) is 50.9 Å². The van der Waals surface area contributed by atoms with Gasteiger partial charge in [-0.05, 0) is 56.2 Å². The van der Waals surface area contributed by atoms with Gasteiger partial charge in [0.2, 0.25) is 5.91 Å². The van der Waals surface area contributed by atoms with Gasteiger partial charge in [0.1, 0.15) is 0 Å². The molecule has 3 rings (SSSR count). The van der Waals surface area contributed by atoms with Crippen molar-refractivity contribution in [1.82, 2.24) is 9.88 Å². The molecule has 1 saturated heterocycles. The fourth-order valence-electron chi connectivity index (χ4n) is 3.57. The maximum absolute atomic E-state index is 12.5. The van der Waals surface area contributed by atoms with E-state index in [2.05, 4.69) is 4.98 Å². The summed E-state index contributed by atoms with van der Waals surface area (Å²) in [4.78, 5) is 41.2. The van der Waals surface area contributed by atoms with Gasteiger partial charge in [0.05, 0.1) is 12.5 Å². The van der Waals surface area contributed by atoms with Crippen molar-refractivity contribution in [2.24, 2.45) is 5.92 Å². The highest BCUT2D eigenvalue weighted by atomic mass is 16.5. The molecule has 1 aliphatic heterocycles. The van der Waals surface area contributed by atoms with Crippen molar-refractivity contribution in [1.29, 1.82) is 0 Å². The number of hydrogen-bond acceptors (Lipinski definition) is 4. The van der Waals surface area contributed by atoms with Gasteiger partial charge in [-0.1, -0.05) is 12.1 Å². The molecule has 0 saturated carbocycles. The van der Waals surface area contributed by atoms with Crippen molar-refractivity contribution in [3.05, 3.63) is 45.7 Å². The molecule has 1 aromatic carbocycles. The van der Waals surface area contributed by atoms with E-state index in [4.69, 9.17) is 4.74 Å². The van der Waals surface area contributed by atoms with E-state index < -0.39 is 0 Å². The largest absolute Gasteiger partial charge is 0.466 e. The van der Waals surface area contributed by atoms with E-state index in [0.717, 1.165) is 16.5 Å². The maximum Gasteiger partial charge on any atom is 0.309 e. The SMILES string of the molecule is CCOC(=O)C1CCN(C(=O)CCc2cc3ccc(C)cc3[nH]c2=O)CC1. The fourth-order valence-corrected chi connectivity index (χ4v) is 3.57. The number of nitrogens with zero attached hydrogens (tertiary/aromatic N) is 1. The van der Waals surface area contributed by atoms with Gasteiger partial charge in [-0.2, -0.15) is 0 Å². The average Bonchev–Trinajstić information content (AvgIpc) is 2.66. The minimum atomic E-state index is -0.164. The van der Waals surface area contributed by atoms with Gasteiger partial charge in [0.25, 0.3) is 5.56 Å². The zero-order valence-corrected chi connectivity index (χ0v) is 15.9. The summed E-state index contributed by atoms with van der Waals surface area (Å²) in [5.41, 5.74) is 2.39. The molecule has 2 aromatic rings. The van der Waals surface area contributed by atoms with Gasteiger partial charge in [-0.25, -0.2) is 0 Å². The van der Waals surface area contributed by atoms with Crippen LogP contribution < -0.4 is 5.56 Å². The molecule has 6 heteroatoms. The first kappa shape index (κ1) is 19.1. The second kappa shape index (κ2) is 8.37. The van der Waals surface area contributed by atoms with Crippen molar-refractivity contribution >= 4 is 22.8 Å². The molecule has 0 aliphatic carbocycles. The first-order valence-corrected chi connectivity index (χ1v) is 9.55. The number of fused-ring (bicyclic) bond motifs is 1. The van der Waals surface area contributed by atoms with Crippen LogP contribution in [0.25, 0.3) is 10.9 Å². The Morgan fingerprint density at radius 2 is 1.96 bits per heavy atom. The molecule has 1 fully saturated rings. The van der Waals surface area contributed by atoms with Crippen LogP contribution in [0.15, 0.2) is 29.1 Å². The van der Waals surface area contributed by atoms with Gasteiger partial charge in [-0.15, -0.1) is 0 Å². The molecular weight excluding hydrogens is 344 g/mol. The van der Waals surface area contributed by atoms with E-state index >= 15 is 0 Å². The summed E-state index contributed by atoms with van der Waals surface area (Å²) in [6.45, 7) is 5.30. The molecule has 0 atom stereocenters. The third-order valence-electron chi connectivity index (χ3n) is 5.15. The number of ether oxygens (including phenoxy) is 1. The van der Waals surface area contributed by atoms with Crippen LogP contribution in [-0.2, 0) is 20.7 Å². The molecule has 1 aromatic heterocycles. The van der Waals surface area contributed by atoms with Gasteiger partial charge in [0.15, 0.2) is 0 Å². The fraction of sp³-hybridized carbons (Fsp3) is 0.476. The average molecular weight is 370 g/mol. The molecule has 1 N–H and O–H groups in total. The summed E-state index contributed by atoms with van der Waals surface area (Å²) < 4.78 is 5.06. The molecule has 0 bridgehead atoms. The number of benzene rings is 1. The van der Waals surface area contributed by atoms with Crippen LogP contribution in [-0.4, -0.2) is 41.5 Å². The lowest BCUT2D eigenvalue weighted by Crippen LogP contribution is -2.40. The van der Waals surface area contributed by atoms with Gasteiger partial charge < -0.3 is 14.6 Å². The number of carbonyl (C=O) groups excluding carboxylic acids is 2. The van der Waals surface area contributed by atoms with Crippen molar-refractivity contribution in [2.45, 2.75) is 39.5 Å². The second-order valence-corrected chi connectivity index (χ2v) is 7.12. The minimum absolute atomic E-state index is 0.0284. The number of H-pyrrole nitrogens is 1. The minimum Gasteiger partial charge on any atom is -0.466 e. The lowest BCUT2D eigenvalue weighted by Gasteiger charge is -2.31. The molecule has 0 radical (unpaired) electrons. The van der Waals surface area contributed by atoms with Gasteiger partial charge >= 0.3 is 5.97 Å². The number of hydrogen-bond donors (Lipinski definition) is 1. The number of aryl methyl sites for hydroxylation is 2. The number of nitrogens with one attached hydrogen (secondary N) is 1. The lowest BCUT2D eigenvalue weighted by molar-refractivity contribution is -0.151. The summed E-state index contributed by atoms with van der Waals surface area (Å²) in [6.07, 6.45) is 1.99.